The Morgan fingerprint density at radius 1 is 1.47 bits per heavy atom. The van der Waals surface area contributed by atoms with E-state index in [0.29, 0.717) is 0 Å². The Bertz CT molecular complexity index is 404. The zero-order valence-electron chi connectivity index (χ0n) is 9.12. The van der Waals surface area contributed by atoms with E-state index in [0.717, 1.165) is 0 Å². The minimum atomic E-state index is -4.32. The van der Waals surface area contributed by atoms with Gasteiger partial charge in [0.2, 0.25) is 0 Å². The molecule has 0 aliphatic heterocycles. The van der Waals surface area contributed by atoms with Crippen molar-refractivity contribution >= 4 is 5.97 Å². The van der Waals surface area contributed by atoms with Gasteiger partial charge < -0.3 is 10.5 Å². The van der Waals surface area contributed by atoms with Gasteiger partial charge in [-0.2, -0.15) is 13.2 Å². The number of hydrogen-bond donors (Lipinski definition) is 1. The van der Waals surface area contributed by atoms with E-state index >= 15 is 0 Å². The van der Waals surface area contributed by atoms with Crippen LogP contribution in [0.4, 0.5) is 13.2 Å². The summed E-state index contributed by atoms with van der Waals surface area (Å²) < 4.78 is 41.2. The third-order valence-electron chi connectivity index (χ3n) is 2.00. The molecule has 0 unspecified atom stereocenters. The summed E-state index contributed by atoms with van der Waals surface area (Å²) in [4.78, 5) is 10.7. The first kappa shape index (κ1) is 13.5. The van der Waals surface area contributed by atoms with Gasteiger partial charge in [-0.3, -0.25) is 4.79 Å². The van der Waals surface area contributed by atoms with Crippen molar-refractivity contribution in [2.45, 2.75) is 25.6 Å². The number of halogens is 3. The largest absolute Gasteiger partial charge is 0.427 e. The van der Waals surface area contributed by atoms with Crippen molar-refractivity contribution in [2.75, 3.05) is 0 Å². The van der Waals surface area contributed by atoms with Crippen molar-refractivity contribution in [1.82, 2.24) is 0 Å². The lowest BCUT2D eigenvalue weighted by atomic mass is 10.0. The number of alkyl halides is 3. The van der Waals surface area contributed by atoms with Crippen molar-refractivity contribution in [3.63, 3.8) is 0 Å². The van der Waals surface area contributed by atoms with Crippen LogP contribution in [0.3, 0.4) is 0 Å². The van der Waals surface area contributed by atoms with E-state index in [-0.39, 0.29) is 11.3 Å². The molecule has 3 nitrogen and oxygen atoms in total. The van der Waals surface area contributed by atoms with Gasteiger partial charge in [-0.1, -0.05) is 12.1 Å². The molecule has 0 radical (unpaired) electrons. The van der Waals surface area contributed by atoms with Crippen molar-refractivity contribution in [3.8, 4) is 5.75 Å². The maximum Gasteiger partial charge on any atom is 0.390 e. The van der Waals surface area contributed by atoms with E-state index in [1.165, 1.54) is 31.2 Å². The van der Waals surface area contributed by atoms with Crippen LogP contribution in [0.2, 0.25) is 0 Å². The second kappa shape index (κ2) is 5.18. The molecule has 1 atom stereocenters. The zero-order chi connectivity index (χ0) is 13.1. The predicted molar refractivity (Wildman–Crippen MR) is 55.4 cm³/mol. The molecule has 2 N–H and O–H groups in total. The maximum atomic E-state index is 12.1. The summed E-state index contributed by atoms with van der Waals surface area (Å²) in [7, 11) is 0. The lowest BCUT2D eigenvalue weighted by Crippen LogP contribution is -2.20. The zero-order valence-corrected chi connectivity index (χ0v) is 9.12. The SMILES string of the molecule is CC(=O)Oc1cccc([C@H](N)CC(F)(F)F)c1. The minimum Gasteiger partial charge on any atom is -0.427 e. The number of benzene rings is 1. The number of hydrogen-bond acceptors (Lipinski definition) is 3. The van der Waals surface area contributed by atoms with Crippen LogP contribution in [0.1, 0.15) is 24.9 Å². The van der Waals surface area contributed by atoms with Crippen LogP contribution in [0.25, 0.3) is 0 Å². The van der Waals surface area contributed by atoms with Gasteiger partial charge >= 0.3 is 12.1 Å². The average Bonchev–Trinajstić information content (AvgIpc) is 2.14. The third-order valence-corrected chi connectivity index (χ3v) is 2.00. The first-order chi connectivity index (χ1) is 7.78. The van der Waals surface area contributed by atoms with Crippen LogP contribution in [0, 0.1) is 0 Å². The van der Waals surface area contributed by atoms with Crippen molar-refractivity contribution in [1.29, 1.82) is 0 Å². The molecule has 0 saturated carbocycles. The van der Waals surface area contributed by atoms with E-state index in [9.17, 15) is 18.0 Å². The highest BCUT2D eigenvalue weighted by atomic mass is 19.4. The van der Waals surface area contributed by atoms with Crippen LogP contribution >= 0.6 is 0 Å². The molecular formula is C11H12F3NO2. The maximum absolute atomic E-state index is 12.1. The molecule has 6 heteroatoms. The molecule has 17 heavy (non-hydrogen) atoms. The summed E-state index contributed by atoms with van der Waals surface area (Å²) in [6.07, 6.45) is -5.44. The Balaban J connectivity index is 2.80. The Morgan fingerprint density at radius 2 is 2.12 bits per heavy atom. The highest BCUT2D eigenvalue weighted by Gasteiger charge is 2.30. The van der Waals surface area contributed by atoms with Crippen LogP contribution in [0.5, 0.6) is 5.75 Å². The molecule has 1 aromatic carbocycles. The fourth-order valence-corrected chi connectivity index (χ4v) is 1.34. The molecule has 0 aliphatic carbocycles. The van der Waals surface area contributed by atoms with E-state index in [2.05, 4.69) is 0 Å². The fraction of sp³-hybridized carbons (Fsp3) is 0.364. The number of ether oxygens (including phenoxy) is 1. The van der Waals surface area contributed by atoms with Crippen molar-refractivity contribution in [2.24, 2.45) is 5.73 Å². The molecule has 0 amide bonds. The Labute approximate surface area is 96.4 Å². The highest BCUT2D eigenvalue weighted by molar-refractivity contribution is 5.69. The summed E-state index contributed by atoms with van der Waals surface area (Å²) >= 11 is 0. The van der Waals surface area contributed by atoms with E-state index < -0.39 is 24.6 Å². The summed E-state index contributed by atoms with van der Waals surface area (Å²) in [5.74, 6) is -0.348. The summed E-state index contributed by atoms with van der Waals surface area (Å²) in [5, 5.41) is 0. The van der Waals surface area contributed by atoms with Gasteiger partial charge in [0, 0.05) is 13.0 Å². The molecule has 0 aromatic heterocycles. The second-order valence-electron chi connectivity index (χ2n) is 3.59. The third kappa shape index (κ3) is 4.86. The van der Waals surface area contributed by atoms with Gasteiger partial charge in [0.05, 0.1) is 6.42 Å². The normalized spacial score (nSPS) is 13.2. The van der Waals surface area contributed by atoms with Crippen LogP contribution < -0.4 is 10.5 Å². The molecular weight excluding hydrogens is 235 g/mol. The van der Waals surface area contributed by atoms with Crippen LogP contribution in [-0.2, 0) is 4.79 Å². The number of nitrogens with two attached hydrogens (primary N) is 1. The molecule has 0 spiro atoms. The summed E-state index contributed by atoms with van der Waals surface area (Å²) in [5.41, 5.74) is 5.70. The molecule has 0 bridgehead atoms. The van der Waals surface area contributed by atoms with E-state index in [1.54, 1.807) is 0 Å². The van der Waals surface area contributed by atoms with Crippen molar-refractivity contribution < 1.29 is 22.7 Å². The number of carbonyl (C=O) groups is 1. The Hall–Kier alpha value is -1.56. The molecule has 1 rings (SSSR count). The van der Waals surface area contributed by atoms with Crippen molar-refractivity contribution in [3.05, 3.63) is 29.8 Å². The lowest BCUT2D eigenvalue weighted by molar-refractivity contribution is -0.138. The van der Waals surface area contributed by atoms with Gasteiger partial charge in [-0.25, -0.2) is 0 Å². The Kier molecular flexibility index (Phi) is 4.11. The molecule has 0 saturated heterocycles. The van der Waals surface area contributed by atoms with Gasteiger partial charge in [-0.15, -0.1) is 0 Å². The van der Waals surface area contributed by atoms with Gasteiger partial charge in [0.25, 0.3) is 0 Å². The molecule has 0 heterocycles. The highest BCUT2D eigenvalue weighted by Crippen LogP contribution is 2.29. The predicted octanol–water partition coefficient (Wildman–Crippen LogP) is 2.56. The standard InChI is InChI=1S/C11H12F3NO2/c1-7(16)17-9-4-2-3-8(5-9)10(15)6-11(12,13)14/h2-5,10H,6,15H2,1H3/t10-/m1/s1. The average molecular weight is 247 g/mol. The number of rotatable bonds is 3. The summed E-state index contributed by atoms with van der Waals surface area (Å²) in [6.45, 7) is 1.21. The molecule has 94 valence electrons. The quantitative estimate of drug-likeness (QED) is 0.659. The minimum absolute atomic E-state index is 0.188. The van der Waals surface area contributed by atoms with E-state index in [1.807, 2.05) is 0 Å². The molecule has 1 aromatic rings. The monoisotopic (exact) mass is 247 g/mol. The van der Waals surface area contributed by atoms with Gasteiger partial charge in [0.15, 0.2) is 0 Å². The number of carbonyl (C=O) groups excluding carboxylic acids is 1. The fourth-order valence-electron chi connectivity index (χ4n) is 1.34. The second-order valence-corrected chi connectivity index (χ2v) is 3.59. The lowest BCUT2D eigenvalue weighted by Gasteiger charge is -2.15. The smallest absolute Gasteiger partial charge is 0.390 e. The molecule has 0 aliphatic rings. The summed E-state index contributed by atoms with van der Waals surface area (Å²) in [6, 6.07) is 4.60. The van der Waals surface area contributed by atoms with Gasteiger partial charge in [0.1, 0.15) is 5.75 Å². The Morgan fingerprint density at radius 3 is 2.65 bits per heavy atom. The van der Waals surface area contributed by atoms with Crippen LogP contribution in [0.15, 0.2) is 24.3 Å². The van der Waals surface area contributed by atoms with E-state index in [4.69, 9.17) is 10.5 Å². The number of esters is 1. The van der Waals surface area contributed by atoms with Crippen LogP contribution in [-0.4, -0.2) is 12.1 Å². The first-order valence-corrected chi connectivity index (χ1v) is 4.88. The first-order valence-electron chi connectivity index (χ1n) is 4.88. The van der Waals surface area contributed by atoms with Gasteiger partial charge in [-0.05, 0) is 17.7 Å². The molecule has 0 fully saturated rings. The topological polar surface area (TPSA) is 52.3 Å².